The first-order chi connectivity index (χ1) is 9.97. The zero-order valence-electron chi connectivity index (χ0n) is 11.8. The van der Waals surface area contributed by atoms with Crippen molar-refractivity contribution in [2.45, 2.75) is 44.2 Å². The van der Waals surface area contributed by atoms with Gasteiger partial charge in [-0.25, -0.2) is 8.78 Å². The van der Waals surface area contributed by atoms with Gasteiger partial charge in [0.15, 0.2) is 6.29 Å². The van der Waals surface area contributed by atoms with E-state index in [4.69, 9.17) is 21.1 Å². The molecule has 1 aromatic carbocycles. The van der Waals surface area contributed by atoms with Crippen molar-refractivity contribution >= 4 is 11.6 Å². The summed E-state index contributed by atoms with van der Waals surface area (Å²) in [6, 6.07) is 2.99. The molecule has 21 heavy (non-hydrogen) atoms. The molecule has 0 spiro atoms. The van der Waals surface area contributed by atoms with E-state index >= 15 is 0 Å². The Bertz CT molecular complexity index is 480. The average molecular weight is 321 g/mol. The van der Waals surface area contributed by atoms with E-state index in [2.05, 4.69) is 0 Å². The van der Waals surface area contributed by atoms with Crippen LogP contribution in [0.15, 0.2) is 18.2 Å². The molecule has 0 bridgehead atoms. The van der Waals surface area contributed by atoms with Crippen molar-refractivity contribution in [2.24, 2.45) is 0 Å². The van der Waals surface area contributed by atoms with Crippen LogP contribution in [0.2, 0.25) is 0 Å². The molecule has 118 valence electrons. The van der Waals surface area contributed by atoms with E-state index in [0.717, 1.165) is 25.0 Å². The van der Waals surface area contributed by atoms with Crippen LogP contribution in [0.1, 0.15) is 31.7 Å². The van der Waals surface area contributed by atoms with Crippen LogP contribution in [0.5, 0.6) is 0 Å². The second-order valence-corrected chi connectivity index (χ2v) is 5.52. The van der Waals surface area contributed by atoms with Crippen molar-refractivity contribution in [2.75, 3.05) is 12.5 Å². The van der Waals surface area contributed by atoms with Gasteiger partial charge in [0, 0.05) is 18.2 Å². The minimum atomic E-state index is -1.75. The first-order valence-corrected chi connectivity index (χ1v) is 7.51. The second kappa shape index (κ2) is 7.01. The molecule has 1 aromatic rings. The van der Waals surface area contributed by atoms with Gasteiger partial charge in [0.1, 0.15) is 17.2 Å². The van der Waals surface area contributed by atoms with Gasteiger partial charge in [-0.05, 0) is 32.3 Å². The Morgan fingerprint density at radius 2 is 2.24 bits per heavy atom. The monoisotopic (exact) mass is 320 g/mol. The lowest BCUT2D eigenvalue weighted by atomic mass is 9.90. The molecular formula is C15H19ClF2O3. The summed E-state index contributed by atoms with van der Waals surface area (Å²) >= 11 is 5.84. The fourth-order valence-electron chi connectivity index (χ4n) is 2.40. The van der Waals surface area contributed by atoms with E-state index in [-0.39, 0.29) is 11.4 Å². The Balaban J connectivity index is 2.18. The van der Waals surface area contributed by atoms with Gasteiger partial charge >= 0.3 is 0 Å². The van der Waals surface area contributed by atoms with E-state index in [1.807, 2.05) is 0 Å². The smallest absolute Gasteiger partial charge is 0.158 e. The Morgan fingerprint density at radius 1 is 1.48 bits per heavy atom. The van der Waals surface area contributed by atoms with Crippen LogP contribution in [0.3, 0.4) is 0 Å². The lowest BCUT2D eigenvalue weighted by Crippen LogP contribution is -2.44. The molecule has 3 atom stereocenters. The van der Waals surface area contributed by atoms with Crippen molar-refractivity contribution in [3.05, 3.63) is 35.4 Å². The third-order valence-electron chi connectivity index (χ3n) is 3.77. The van der Waals surface area contributed by atoms with Crippen LogP contribution < -0.4 is 0 Å². The van der Waals surface area contributed by atoms with Crippen molar-refractivity contribution < 1.29 is 23.4 Å². The number of aliphatic hydroxyl groups is 1. The lowest BCUT2D eigenvalue weighted by Gasteiger charge is -2.36. The van der Waals surface area contributed by atoms with Crippen LogP contribution in [-0.2, 0) is 15.1 Å². The minimum absolute atomic E-state index is 0.0813. The highest BCUT2D eigenvalue weighted by Crippen LogP contribution is 2.32. The topological polar surface area (TPSA) is 38.7 Å². The van der Waals surface area contributed by atoms with Crippen LogP contribution in [0, 0.1) is 11.6 Å². The van der Waals surface area contributed by atoms with Crippen molar-refractivity contribution in [3.63, 3.8) is 0 Å². The Morgan fingerprint density at radius 3 is 2.81 bits per heavy atom. The predicted octanol–water partition coefficient (Wildman–Crippen LogP) is 3.32. The Hall–Kier alpha value is -0.750. The highest BCUT2D eigenvalue weighted by atomic mass is 35.5. The molecule has 0 aliphatic carbocycles. The van der Waals surface area contributed by atoms with E-state index in [1.54, 1.807) is 6.92 Å². The van der Waals surface area contributed by atoms with Gasteiger partial charge in [0.25, 0.3) is 0 Å². The van der Waals surface area contributed by atoms with Crippen LogP contribution in [0.25, 0.3) is 0 Å². The molecule has 1 aliphatic heterocycles. The quantitative estimate of drug-likeness (QED) is 0.846. The molecule has 1 saturated heterocycles. The van der Waals surface area contributed by atoms with Crippen molar-refractivity contribution in [1.29, 1.82) is 0 Å². The summed E-state index contributed by atoms with van der Waals surface area (Å²) in [6.07, 6.45) is 1.43. The summed E-state index contributed by atoms with van der Waals surface area (Å²) in [6.45, 7) is 2.20. The molecule has 6 heteroatoms. The molecule has 2 rings (SSSR count). The molecular weight excluding hydrogens is 302 g/mol. The average Bonchev–Trinajstić information content (AvgIpc) is 2.47. The summed E-state index contributed by atoms with van der Waals surface area (Å²) in [4.78, 5) is 0. The molecule has 1 unspecified atom stereocenters. The first-order valence-electron chi connectivity index (χ1n) is 6.98. The number of halogens is 3. The molecule has 1 N–H and O–H groups in total. The maximum Gasteiger partial charge on any atom is 0.158 e. The van der Waals surface area contributed by atoms with Gasteiger partial charge in [-0.2, -0.15) is 0 Å². The third-order valence-corrected chi connectivity index (χ3v) is 4.18. The number of alkyl halides is 1. The molecule has 1 aliphatic rings. The zero-order valence-corrected chi connectivity index (χ0v) is 12.6. The zero-order chi connectivity index (χ0) is 15.5. The SMILES string of the molecule is C[C@@H](OC1CCCCO1)[C@@](O)(CCl)c1ccc(F)cc1F. The standard InChI is InChI=1S/C15H19ClF2O3/c1-10(21-14-4-2-3-7-20-14)15(19,9-16)12-6-5-11(17)8-13(12)18/h5-6,8,10,14,19H,2-4,7,9H2,1H3/t10-,14?,15+/m1/s1. The van der Waals surface area contributed by atoms with Gasteiger partial charge in [-0.1, -0.05) is 6.07 Å². The fraction of sp³-hybridized carbons (Fsp3) is 0.600. The van der Waals surface area contributed by atoms with Gasteiger partial charge in [-0.15, -0.1) is 11.6 Å². The number of benzene rings is 1. The number of ether oxygens (including phenoxy) is 2. The summed E-state index contributed by atoms with van der Waals surface area (Å²) < 4.78 is 38.0. The number of hydrogen-bond acceptors (Lipinski definition) is 3. The van der Waals surface area contributed by atoms with E-state index in [1.165, 1.54) is 6.07 Å². The maximum absolute atomic E-state index is 13.9. The van der Waals surface area contributed by atoms with Gasteiger partial charge in [-0.3, -0.25) is 0 Å². The molecule has 3 nitrogen and oxygen atoms in total. The normalized spacial score (nSPS) is 23.6. The summed E-state index contributed by atoms with van der Waals surface area (Å²) in [5, 5.41) is 10.7. The highest BCUT2D eigenvalue weighted by molar-refractivity contribution is 6.18. The Kier molecular flexibility index (Phi) is 5.54. The van der Waals surface area contributed by atoms with Crippen molar-refractivity contribution in [1.82, 2.24) is 0 Å². The highest BCUT2D eigenvalue weighted by Gasteiger charge is 2.39. The van der Waals surface area contributed by atoms with Crippen LogP contribution in [0.4, 0.5) is 8.78 Å². The Labute approximate surface area is 127 Å². The first kappa shape index (κ1) is 16.6. The minimum Gasteiger partial charge on any atom is -0.381 e. The molecule has 0 amide bonds. The summed E-state index contributed by atoms with van der Waals surface area (Å²) in [5.41, 5.74) is -1.83. The van der Waals surface area contributed by atoms with Crippen LogP contribution in [-0.4, -0.2) is 30.0 Å². The lowest BCUT2D eigenvalue weighted by molar-refractivity contribution is -0.222. The van der Waals surface area contributed by atoms with Gasteiger partial charge in [0.05, 0.1) is 12.0 Å². The largest absolute Gasteiger partial charge is 0.381 e. The molecule has 0 radical (unpaired) electrons. The van der Waals surface area contributed by atoms with Gasteiger partial charge < -0.3 is 14.6 Å². The van der Waals surface area contributed by atoms with Crippen molar-refractivity contribution in [3.8, 4) is 0 Å². The molecule has 1 heterocycles. The van der Waals surface area contributed by atoms with E-state index < -0.39 is 29.6 Å². The van der Waals surface area contributed by atoms with E-state index in [9.17, 15) is 13.9 Å². The number of hydrogen-bond donors (Lipinski definition) is 1. The fourth-order valence-corrected chi connectivity index (χ4v) is 2.76. The maximum atomic E-state index is 13.9. The third kappa shape index (κ3) is 3.72. The van der Waals surface area contributed by atoms with Crippen LogP contribution >= 0.6 is 11.6 Å². The molecule has 0 aromatic heterocycles. The molecule has 1 fully saturated rings. The predicted molar refractivity (Wildman–Crippen MR) is 75.1 cm³/mol. The summed E-state index contributed by atoms with van der Waals surface area (Å²) in [5.74, 6) is -1.83. The molecule has 0 saturated carbocycles. The van der Waals surface area contributed by atoms with Gasteiger partial charge in [0.2, 0.25) is 0 Å². The van der Waals surface area contributed by atoms with E-state index in [0.29, 0.717) is 13.0 Å². The number of rotatable bonds is 5. The second-order valence-electron chi connectivity index (χ2n) is 5.26. The summed E-state index contributed by atoms with van der Waals surface area (Å²) in [7, 11) is 0.